The van der Waals surface area contributed by atoms with Crippen molar-refractivity contribution in [3.63, 3.8) is 0 Å². The molecule has 0 fully saturated rings. The maximum atomic E-state index is 11.2. The predicted octanol–water partition coefficient (Wildman–Crippen LogP) is 1.34. The van der Waals surface area contributed by atoms with E-state index in [9.17, 15) is 4.79 Å². The lowest BCUT2D eigenvalue weighted by molar-refractivity contribution is -0.120. The molecule has 1 aromatic rings. The molecule has 0 aliphatic carbocycles. The van der Waals surface area contributed by atoms with E-state index < -0.39 is 0 Å². The van der Waals surface area contributed by atoms with Gasteiger partial charge in [-0.1, -0.05) is 12.1 Å². The van der Waals surface area contributed by atoms with Crippen LogP contribution in [-0.4, -0.2) is 12.5 Å². The van der Waals surface area contributed by atoms with E-state index in [0.29, 0.717) is 13.0 Å². The first-order chi connectivity index (χ1) is 6.72. The second-order valence-corrected chi connectivity index (χ2v) is 3.20. The number of hydrogen-bond donors (Lipinski definition) is 2. The second kappa shape index (κ2) is 5.27. The van der Waals surface area contributed by atoms with Crippen LogP contribution in [0.1, 0.15) is 18.9 Å². The maximum Gasteiger partial charge on any atom is 0.220 e. The summed E-state index contributed by atoms with van der Waals surface area (Å²) in [6, 6.07) is 7.63. The molecule has 1 aromatic carbocycles. The Kier molecular flexibility index (Phi) is 3.98. The van der Waals surface area contributed by atoms with Crippen molar-refractivity contribution in [3.8, 4) is 0 Å². The number of carbonyl (C=O) groups is 1. The van der Waals surface area contributed by atoms with Crippen LogP contribution in [0.4, 0.5) is 5.69 Å². The lowest BCUT2D eigenvalue weighted by Gasteiger charge is -2.03. The van der Waals surface area contributed by atoms with Gasteiger partial charge in [0.25, 0.3) is 0 Å². The number of anilines is 1. The molecule has 0 spiro atoms. The zero-order chi connectivity index (χ0) is 10.4. The van der Waals surface area contributed by atoms with Crippen LogP contribution in [0.15, 0.2) is 24.3 Å². The van der Waals surface area contributed by atoms with Gasteiger partial charge in [-0.25, -0.2) is 0 Å². The van der Waals surface area contributed by atoms with E-state index in [2.05, 4.69) is 5.32 Å². The molecule has 0 aromatic heterocycles. The van der Waals surface area contributed by atoms with Gasteiger partial charge < -0.3 is 11.1 Å². The topological polar surface area (TPSA) is 55.1 Å². The SMILES string of the molecule is CCNC(=O)CCc1cccc(N)c1. The number of benzene rings is 1. The Morgan fingerprint density at radius 1 is 1.50 bits per heavy atom. The molecule has 0 unspecified atom stereocenters. The fourth-order valence-corrected chi connectivity index (χ4v) is 1.29. The van der Waals surface area contributed by atoms with Crippen LogP contribution >= 0.6 is 0 Å². The summed E-state index contributed by atoms with van der Waals surface area (Å²) < 4.78 is 0. The number of nitrogens with two attached hydrogens (primary N) is 1. The molecule has 0 aliphatic heterocycles. The Morgan fingerprint density at radius 3 is 2.93 bits per heavy atom. The first-order valence-electron chi connectivity index (χ1n) is 4.83. The summed E-state index contributed by atoms with van der Waals surface area (Å²) in [4.78, 5) is 11.2. The third-order valence-electron chi connectivity index (χ3n) is 1.97. The van der Waals surface area contributed by atoms with Crippen molar-refractivity contribution in [2.45, 2.75) is 19.8 Å². The summed E-state index contributed by atoms with van der Waals surface area (Å²) in [5.74, 6) is 0.0925. The lowest BCUT2D eigenvalue weighted by atomic mass is 10.1. The van der Waals surface area contributed by atoms with Crippen LogP contribution < -0.4 is 11.1 Å². The quantitative estimate of drug-likeness (QED) is 0.707. The third-order valence-corrected chi connectivity index (χ3v) is 1.97. The zero-order valence-corrected chi connectivity index (χ0v) is 8.42. The monoisotopic (exact) mass is 192 g/mol. The minimum Gasteiger partial charge on any atom is -0.399 e. The summed E-state index contributed by atoms with van der Waals surface area (Å²) in [6.07, 6.45) is 1.27. The highest BCUT2D eigenvalue weighted by Crippen LogP contribution is 2.08. The van der Waals surface area contributed by atoms with Crippen LogP contribution in [0.5, 0.6) is 0 Å². The predicted molar refractivity (Wildman–Crippen MR) is 57.9 cm³/mol. The smallest absolute Gasteiger partial charge is 0.220 e. The van der Waals surface area contributed by atoms with Gasteiger partial charge in [-0.3, -0.25) is 4.79 Å². The van der Waals surface area contributed by atoms with Gasteiger partial charge in [-0.15, -0.1) is 0 Å². The Labute approximate surface area is 84.3 Å². The lowest BCUT2D eigenvalue weighted by Crippen LogP contribution is -2.22. The molecule has 1 rings (SSSR count). The summed E-state index contributed by atoms with van der Waals surface area (Å²) in [5.41, 5.74) is 7.48. The normalized spacial score (nSPS) is 9.79. The molecule has 0 saturated heterocycles. The van der Waals surface area contributed by atoms with Gasteiger partial charge in [0, 0.05) is 18.7 Å². The molecule has 3 nitrogen and oxygen atoms in total. The number of hydrogen-bond acceptors (Lipinski definition) is 2. The minimum absolute atomic E-state index is 0.0925. The van der Waals surface area contributed by atoms with Crippen molar-refractivity contribution >= 4 is 11.6 Å². The first-order valence-corrected chi connectivity index (χ1v) is 4.83. The van der Waals surface area contributed by atoms with Crippen molar-refractivity contribution < 1.29 is 4.79 Å². The minimum atomic E-state index is 0.0925. The fraction of sp³-hybridized carbons (Fsp3) is 0.364. The molecule has 0 bridgehead atoms. The van der Waals surface area contributed by atoms with E-state index in [4.69, 9.17) is 5.73 Å². The highest BCUT2D eigenvalue weighted by Gasteiger charge is 2.00. The standard InChI is InChI=1S/C11H16N2O/c1-2-13-11(14)7-6-9-4-3-5-10(12)8-9/h3-5,8H,2,6-7,12H2,1H3,(H,13,14). The second-order valence-electron chi connectivity index (χ2n) is 3.20. The number of aryl methyl sites for hydroxylation is 1. The largest absolute Gasteiger partial charge is 0.399 e. The molecule has 0 atom stereocenters. The van der Waals surface area contributed by atoms with Crippen molar-refractivity contribution in [3.05, 3.63) is 29.8 Å². The van der Waals surface area contributed by atoms with E-state index in [1.54, 1.807) is 0 Å². The van der Waals surface area contributed by atoms with Crippen molar-refractivity contribution in [1.29, 1.82) is 0 Å². The molecule has 0 heterocycles. The first kappa shape index (κ1) is 10.6. The number of carbonyl (C=O) groups excluding carboxylic acids is 1. The van der Waals surface area contributed by atoms with E-state index in [-0.39, 0.29) is 5.91 Å². The zero-order valence-electron chi connectivity index (χ0n) is 8.42. The summed E-state index contributed by atoms with van der Waals surface area (Å²) in [6.45, 7) is 2.61. The Hall–Kier alpha value is -1.51. The summed E-state index contributed by atoms with van der Waals surface area (Å²) in [7, 11) is 0. The molecule has 76 valence electrons. The van der Waals surface area contributed by atoms with Gasteiger partial charge in [-0.05, 0) is 31.0 Å². The van der Waals surface area contributed by atoms with E-state index >= 15 is 0 Å². The summed E-state index contributed by atoms with van der Waals surface area (Å²) in [5, 5.41) is 2.76. The number of nitrogen functional groups attached to an aromatic ring is 1. The van der Waals surface area contributed by atoms with Crippen molar-refractivity contribution in [1.82, 2.24) is 5.32 Å². The Bertz CT molecular complexity index is 310. The number of rotatable bonds is 4. The van der Waals surface area contributed by atoms with Crippen molar-refractivity contribution in [2.75, 3.05) is 12.3 Å². The van der Waals surface area contributed by atoms with Gasteiger partial charge in [0.2, 0.25) is 5.91 Å². The van der Waals surface area contributed by atoms with E-state index in [0.717, 1.165) is 17.7 Å². The Balaban J connectivity index is 2.41. The van der Waals surface area contributed by atoms with Crippen LogP contribution in [0.2, 0.25) is 0 Å². The fourth-order valence-electron chi connectivity index (χ4n) is 1.29. The molecule has 0 radical (unpaired) electrons. The molecule has 14 heavy (non-hydrogen) atoms. The van der Waals surface area contributed by atoms with E-state index in [1.165, 1.54) is 0 Å². The van der Waals surface area contributed by atoms with Crippen molar-refractivity contribution in [2.24, 2.45) is 0 Å². The van der Waals surface area contributed by atoms with Crippen LogP contribution in [0.25, 0.3) is 0 Å². The molecule has 3 heteroatoms. The molecule has 1 amide bonds. The Morgan fingerprint density at radius 2 is 2.29 bits per heavy atom. The van der Waals surface area contributed by atoms with Crippen LogP contribution in [0, 0.1) is 0 Å². The third kappa shape index (κ3) is 3.47. The number of amides is 1. The highest BCUT2D eigenvalue weighted by atomic mass is 16.1. The average molecular weight is 192 g/mol. The van der Waals surface area contributed by atoms with Gasteiger partial charge >= 0.3 is 0 Å². The van der Waals surface area contributed by atoms with Gasteiger partial charge in [0.15, 0.2) is 0 Å². The summed E-state index contributed by atoms with van der Waals surface area (Å²) >= 11 is 0. The van der Waals surface area contributed by atoms with Crippen LogP contribution in [-0.2, 0) is 11.2 Å². The molecular formula is C11H16N2O. The van der Waals surface area contributed by atoms with Gasteiger partial charge in [-0.2, -0.15) is 0 Å². The number of nitrogens with one attached hydrogen (secondary N) is 1. The average Bonchev–Trinajstić information content (AvgIpc) is 2.15. The van der Waals surface area contributed by atoms with Gasteiger partial charge in [0.1, 0.15) is 0 Å². The van der Waals surface area contributed by atoms with E-state index in [1.807, 2.05) is 31.2 Å². The molecule has 0 saturated carbocycles. The highest BCUT2D eigenvalue weighted by molar-refractivity contribution is 5.76. The molecule has 3 N–H and O–H groups in total. The molecular weight excluding hydrogens is 176 g/mol. The van der Waals surface area contributed by atoms with Gasteiger partial charge in [0.05, 0.1) is 0 Å². The van der Waals surface area contributed by atoms with Crippen LogP contribution in [0.3, 0.4) is 0 Å². The molecule has 0 aliphatic rings. The maximum absolute atomic E-state index is 11.2.